The molecule has 34 heavy (non-hydrogen) atoms. The second-order valence-electron chi connectivity index (χ2n) is 8.37. The number of ether oxygens (including phenoxy) is 5. The van der Waals surface area contributed by atoms with Gasteiger partial charge in [0.25, 0.3) is 0 Å². The lowest BCUT2D eigenvalue weighted by molar-refractivity contribution is -0.362. The minimum Gasteiger partial charge on any atom is -0.394 e. The summed E-state index contributed by atoms with van der Waals surface area (Å²) in [4.78, 5) is 0. The Hall–Kier alpha value is -0.640. The highest BCUT2D eigenvalue weighted by atomic mass is 16.7. The Bertz CT molecular complexity index is 637. The van der Waals surface area contributed by atoms with E-state index in [9.17, 15) is 56.2 Å². The Morgan fingerprint density at radius 3 is 1.62 bits per heavy atom. The van der Waals surface area contributed by atoms with Crippen molar-refractivity contribution in [3.63, 3.8) is 0 Å². The van der Waals surface area contributed by atoms with Crippen LogP contribution in [0.5, 0.6) is 0 Å². The SMILES string of the molecule is OC[C@H]1O[C@@H](OC[C@H]2O[C@@H](O[C@H]3[C@H](O)[C@@H](O)[C@H](O)O[C@@H]3CO)[C@H](O)[C@@H](O)[C@H]2O)[C@H](O)[C@@H](O)[C@H]1O. The van der Waals surface area contributed by atoms with Crippen LogP contribution in [0.3, 0.4) is 0 Å². The van der Waals surface area contributed by atoms with Gasteiger partial charge >= 0.3 is 0 Å². The van der Waals surface area contributed by atoms with Crippen LogP contribution in [0.4, 0.5) is 0 Å². The number of hydrogen-bond donors (Lipinski definition) is 11. The van der Waals surface area contributed by atoms with E-state index in [1.165, 1.54) is 0 Å². The van der Waals surface area contributed by atoms with Crippen molar-refractivity contribution in [2.24, 2.45) is 0 Å². The van der Waals surface area contributed by atoms with E-state index in [4.69, 9.17) is 23.7 Å². The van der Waals surface area contributed by atoms with Gasteiger partial charge in [-0.15, -0.1) is 0 Å². The molecule has 3 saturated heterocycles. The summed E-state index contributed by atoms with van der Waals surface area (Å²) in [6.07, 6.45) is -24.9. The molecule has 16 nitrogen and oxygen atoms in total. The molecule has 0 unspecified atom stereocenters. The molecule has 0 aromatic heterocycles. The van der Waals surface area contributed by atoms with Crippen LogP contribution < -0.4 is 0 Å². The van der Waals surface area contributed by atoms with E-state index in [1.807, 2.05) is 0 Å². The molecule has 16 heteroatoms. The third-order valence-electron chi connectivity index (χ3n) is 6.07. The fourth-order valence-corrected chi connectivity index (χ4v) is 3.95. The van der Waals surface area contributed by atoms with E-state index in [1.54, 1.807) is 0 Å². The molecular formula is C18H32O16. The smallest absolute Gasteiger partial charge is 0.187 e. The minimum atomic E-state index is -1.87. The third-order valence-corrected chi connectivity index (χ3v) is 6.07. The van der Waals surface area contributed by atoms with Crippen LogP contribution in [0.2, 0.25) is 0 Å². The largest absolute Gasteiger partial charge is 0.394 e. The molecular weight excluding hydrogens is 472 g/mol. The first-order valence-electron chi connectivity index (χ1n) is 10.6. The Kier molecular flexibility index (Phi) is 9.54. The average Bonchev–Trinajstić information content (AvgIpc) is 2.82. The fourth-order valence-electron chi connectivity index (χ4n) is 3.95. The quantitative estimate of drug-likeness (QED) is 0.154. The van der Waals surface area contributed by atoms with Crippen LogP contribution in [-0.2, 0) is 23.7 Å². The number of rotatable bonds is 7. The van der Waals surface area contributed by atoms with Gasteiger partial charge in [-0.3, -0.25) is 0 Å². The van der Waals surface area contributed by atoms with Gasteiger partial charge < -0.3 is 79.9 Å². The molecule has 0 spiro atoms. The summed E-state index contributed by atoms with van der Waals surface area (Å²) in [5.41, 5.74) is 0. The predicted molar refractivity (Wildman–Crippen MR) is 101 cm³/mol. The predicted octanol–water partition coefficient (Wildman–Crippen LogP) is -7.57. The molecule has 3 aliphatic heterocycles. The molecule has 0 bridgehead atoms. The summed E-state index contributed by atoms with van der Waals surface area (Å²) >= 11 is 0. The van der Waals surface area contributed by atoms with Gasteiger partial charge in [0.2, 0.25) is 0 Å². The Morgan fingerprint density at radius 1 is 0.500 bits per heavy atom. The van der Waals surface area contributed by atoms with Gasteiger partial charge in [-0.2, -0.15) is 0 Å². The van der Waals surface area contributed by atoms with Gasteiger partial charge in [-0.25, -0.2) is 0 Å². The van der Waals surface area contributed by atoms with Crippen molar-refractivity contribution < 1.29 is 79.9 Å². The summed E-state index contributed by atoms with van der Waals surface area (Å²) in [6, 6.07) is 0. The molecule has 3 aliphatic rings. The maximum atomic E-state index is 10.3. The van der Waals surface area contributed by atoms with Crippen molar-refractivity contribution in [3.8, 4) is 0 Å². The maximum absolute atomic E-state index is 10.3. The summed E-state index contributed by atoms with van der Waals surface area (Å²) in [7, 11) is 0. The first-order valence-corrected chi connectivity index (χ1v) is 10.6. The van der Waals surface area contributed by atoms with Gasteiger partial charge in [0.15, 0.2) is 18.9 Å². The van der Waals surface area contributed by atoms with Gasteiger partial charge in [0, 0.05) is 0 Å². The molecule has 0 saturated carbocycles. The monoisotopic (exact) mass is 504 g/mol. The van der Waals surface area contributed by atoms with E-state index in [2.05, 4.69) is 0 Å². The van der Waals surface area contributed by atoms with E-state index < -0.39 is 112 Å². The van der Waals surface area contributed by atoms with Gasteiger partial charge in [-0.1, -0.05) is 0 Å². The summed E-state index contributed by atoms with van der Waals surface area (Å²) < 4.78 is 26.3. The van der Waals surface area contributed by atoms with E-state index in [0.717, 1.165) is 0 Å². The Morgan fingerprint density at radius 2 is 1.03 bits per heavy atom. The second-order valence-corrected chi connectivity index (χ2v) is 8.37. The topological polar surface area (TPSA) is 269 Å². The second kappa shape index (κ2) is 11.6. The molecule has 3 heterocycles. The van der Waals surface area contributed by atoms with Crippen molar-refractivity contribution in [1.82, 2.24) is 0 Å². The van der Waals surface area contributed by atoms with Crippen LogP contribution in [0.1, 0.15) is 0 Å². The standard InChI is InChI=1S/C18H32O16/c19-1-4-7(21)9(23)13(27)17(32-4)30-3-6-8(22)10(24)14(28)18(33-6)34-15-5(2-20)31-16(29)12(26)11(15)25/h4-29H,1-3H2/t4-,5-,6-,7+,8+,9+,10+,11-,12-,13-,14-,15-,16-,17-,18+/m1/s1. The van der Waals surface area contributed by atoms with Gasteiger partial charge in [0.1, 0.15) is 73.2 Å². The average molecular weight is 504 g/mol. The Balaban J connectivity index is 1.66. The summed E-state index contributed by atoms with van der Waals surface area (Å²) in [6.45, 7) is -2.07. The number of aliphatic hydroxyl groups excluding tert-OH is 11. The normalized spacial score (nSPS) is 52.5. The minimum absolute atomic E-state index is 0.609. The molecule has 0 amide bonds. The summed E-state index contributed by atoms with van der Waals surface area (Å²) in [5, 5.41) is 109. The maximum Gasteiger partial charge on any atom is 0.187 e. The highest BCUT2D eigenvalue weighted by molar-refractivity contribution is 4.94. The first kappa shape index (κ1) is 27.9. The van der Waals surface area contributed by atoms with Crippen molar-refractivity contribution in [2.45, 2.75) is 92.1 Å². The molecule has 0 radical (unpaired) electrons. The van der Waals surface area contributed by atoms with Crippen LogP contribution in [0.15, 0.2) is 0 Å². The van der Waals surface area contributed by atoms with Crippen molar-refractivity contribution in [2.75, 3.05) is 19.8 Å². The lowest BCUT2D eigenvalue weighted by Gasteiger charge is -2.45. The van der Waals surface area contributed by atoms with E-state index >= 15 is 0 Å². The van der Waals surface area contributed by atoms with Crippen LogP contribution in [-0.4, -0.2) is 168 Å². The highest BCUT2D eigenvalue weighted by Crippen LogP contribution is 2.29. The van der Waals surface area contributed by atoms with Crippen LogP contribution >= 0.6 is 0 Å². The van der Waals surface area contributed by atoms with Crippen LogP contribution in [0.25, 0.3) is 0 Å². The number of aliphatic hydroxyl groups is 11. The van der Waals surface area contributed by atoms with Crippen molar-refractivity contribution in [3.05, 3.63) is 0 Å². The lowest BCUT2D eigenvalue weighted by Crippen LogP contribution is -2.65. The molecule has 3 fully saturated rings. The molecule has 0 aliphatic carbocycles. The van der Waals surface area contributed by atoms with E-state index in [0.29, 0.717) is 0 Å². The third kappa shape index (κ3) is 5.52. The molecule has 11 N–H and O–H groups in total. The molecule has 0 aromatic rings. The zero-order valence-electron chi connectivity index (χ0n) is 17.7. The molecule has 3 rings (SSSR count). The number of hydrogen-bond acceptors (Lipinski definition) is 16. The zero-order chi connectivity index (χ0) is 25.3. The Labute approximate surface area is 192 Å². The molecule has 200 valence electrons. The lowest BCUT2D eigenvalue weighted by atomic mass is 9.97. The van der Waals surface area contributed by atoms with Crippen molar-refractivity contribution in [1.29, 1.82) is 0 Å². The highest BCUT2D eigenvalue weighted by Gasteiger charge is 2.51. The first-order chi connectivity index (χ1) is 16.0. The summed E-state index contributed by atoms with van der Waals surface area (Å²) in [5.74, 6) is 0. The van der Waals surface area contributed by atoms with Gasteiger partial charge in [-0.05, 0) is 0 Å². The van der Waals surface area contributed by atoms with Gasteiger partial charge in [0.05, 0.1) is 19.8 Å². The molecule has 0 aromatic carbocycles. The van der Waals surface area contributed by atoms with E-state index in [-0.39, 0.29) is 0 Å². The fraction of sp³-hybridized carbons (Fsp3) is 1.00. The van der Waals surface area contributed by atoms with Crippen LogP contribution in [0, 0.1) is 0 Å². The van der Waals surface area contributed by atoms with Crippen molar-refractivity contribution >= 4 is 0 Å². The zero-order valence-corrected chi connectivity index (χ0v) is 17.7. The molecule has 15 atom stereocenters.